The Morgan fingerprint density at radius 1 is 1.00 bits per heavy atom. The normalized spacial score (nSPS) is 14.3. The molecular formula is C26H29N3O2. The van der Waals surface area contributed by atoms with Crippen LogP contribution >= 0.6 is 0 Å². The highest BCUT2D eigenvalue weighted by Gasteiger charge is 2.19. The lowest BCUT2D eigenvalue weighted by Gasteiger charge is -2.23. The van der Waals surface area contributed by atoms with Gasteiger partial charge in [0, 0.05) is 30.1 Å². The minimum atomic E-state index is -0.0816. The van der Waals surface area contributed by atoms with Crippen LogP contribution in [0.5, 0.6) is 6.01 Å². The van der Waals surface area contributed by atoms with Crippen molar-refractivity contribution in [3.8, 4) is 17.1 Å². The van der Waals surface area contributed by atoms with Crippen molar-refractivity contribution >= 4 is 5.91 Å². The van der Waals surface area contributed by atoms with Crippen molar-refractivity contribution in [1.82, 2.24) is 15.3 Å². The van der Waals surface area contributed by atoms with Gasteiger partial charge in [-0.15, -0.1) is 0 Å². The number of methoxy groups -OCH3 is 1. The van der Waals surface area contributed by atoms with Crippen LogP contribution in [-0.4, -0.2) is 23.0 Å². The molecule has 0 unspecified atom stereocenters. The van der Waals surface area contributed by atoms with Crippen molar-refractivity contribution in [3.63, 3.8) is 0 Å². The van der Waals surface area contributed by atoms with Crippen molar-refractivity contribution in [3.05, 3.63) is 77.1 Å². The smallest absolute Gasteiger partial charge is 0.316 e. The first-order valence-electron chi connectivity index (χ1n) is 11.0. The number of nitrogens with one attached hydrogen (secondary N) is 1. The average molecular weight is 416 g/mol. The van der Waals surface area contributed by atoms with E-state index in [1.165, 1.54) is 50.3 Å². The summed E-state index contributed by atoms with van der Waals surface area (Å²) in [5, 5.41) is 3.01. The van der Waals surface area contributed by atoms with Crippen molar-refractivity contribution in [2.45, 2.75) is 51.5 Å². The van der Waals surface area contributed by atoms with Gasteiger partial charge in [-0.2, -0.15) is 0 Å². The number of nitrogens with zero attached hydrogens (tertiary/aromatic N) is 2. The van der Waals surface area contributed by atoms with E-state index in [0.717, 1.165) is 16.7 Å². The third kappa shape index (κ3) is 5.29. The summed E-state index contributed by atoms with van der Waals surface area (Å²) < 4.78 is 4.99. The Hall–Kier alpha value is -3.21. The molecule has 0 radical (unpaired) electrons. The summed E-state index contributed by atoms with van der Waals surface area (Å²) in [5.41, 5.74) is 6.27. The van der Waals surface area contributed by atoms with Crippen molar-refractivity contribution in [2.75, 3.05) is 7.11 Å². The number of hydrogen-bond acceptors (Lipinski definition) is 4. The predicted molar refractivity (Wildman–Crippen MR) is 122 cm³/mol. The Balaban J connectivity index is 1.58. The monoisotopic (exact) mass is 415 g/mol. The van der Waals surface area contributed by atoms with E-state index in [2.05, 4.69) is 58.6 Å². The van der Waals surface area contributed by atoms with E-state index in [0.29, 0.717) is 24.0 Å². The second-order valence-corrected chi connectivity index (χ2v) is 8.31. The van der Waals surface area contributed by atoms with Crippen LogP contribution in [0.3, 0.4) is 0 Å². The zero-order valence-corrected chi connectivity index (χ0v) is 18.2. The second-order valence-electron chi connectivity index (χ2n) is 8.31. The number of ether oxygens (including phenoxy) is 1. The summed E-state index contributed by atoms with van der Waals surface area (Å²) in [6.07, 6.45) is 9.57. The number of carbonyl (C=O) groups excluding carboxylic acids is 1. The third-order valence-corrected chi connectivity index (χ3v) is 6.00. The lowest BCUT2D eigenvalue weighted by Crippen LogP contribution is -2.23. The summed E-state index contributed by atoms with van der Waals surface area (Å²) in [5.74, 6) is 0.447. The van der Waals surface area contributed by atoms with Gasteiger partial charge in [-0.1, -0.05) is 55.2 Å². The molecule has 0 spiro atoms. The van der Waals surface area contributed by atoms with Crippen LogP contribution < -0.4 is 10.1 Å². The summed E-state index contributed by atoms with van der Waals surface area (Å²) >= 11 is 0. The zero-order valence-electron chi connectivity index (χ0n) is 18.2. The van der Waals surface area contributed by atoms with E-state index >= 15 is 0 Å². The minimum absolute atomic E-state index is 0.0816. The molecule has 0 aliphatic heterocycles. The van der Waals surface area contributed by atoms with Crippen molar-refractivity contribution in [1.29, 1.82) is 0 Å². The fraction of sp³-hybridized carbons (Fsp3) is 0.346. The number of benzene rings is 2. The Bertz CT molecular complexity index is 1020. The molecule has 31 heavy (non-hydrogen) atoms. The molecule has 3 aromatic rings. The molecule has 1 N–H and O–H groups in total. The van der Waals surface area contributed by atoms with E-state index in [1.807, 2.05) is 6.07 Å². The number of rotatable bonds is 6. The van der Waals surface area contributed by atoms with Crippen LogP contribution in [0.4, 0.5) is 0 Å². The molecule has 1 aromatic heterocycles. The van der Waals surface area contributed by atoms with Crippen molar-refractivity contribution in [2.24, 2.45) is 0 Å². The fourth-order valence-electron chi connectivity index (χ4n) is 4.19. The molecule has 1 aliphatic carbocycles. The number of amides is 1. The van der Waals surface area contributed by atoms with Gasteiger partial charge in [0.05, 0.1) is 7.11 Å². The number of aromatic nitrogens is 2. The minimum Gasteiger partial charge on any atom is -0.467 e. The molecule has 1 amide bonds. The summed E-state index contributed by atoms with van der Waals surface area (Å²) in [4.78, 5) is 21.2. The van der Waals surface area contributed by atoms with E-state index in [9.17, 15) is 4.79 Å². The summed E-state index contributed by atoms with van der Waals surface area (Å²) in [6.45, 7) is 2.46. The standard InChI is InChI=1S/C26H29N3O2/c1-18-8-10-21(11-9-18)23-12-22(20-6-4-3-5-7-20)13-24(14-23)25(30)27-15-19-16-28-26(31-2)29-17-19/h8-14,16-17,20H,3-7,15H2,1-2H3,(H,27,30). The molecule has 2 aromatic carbocycles. The molecule has 0 saturated heterocycles. The number of carbonyl (C=O) groups is 1. The molecule has 1 aliphatic rings. The van der Waals surface area contributed by atoms with Crippen LogP contribution in [0.2, 0.25) is 0 Å². The van der Waals surface area contributed by atoms with Gasteiger partial charge < -0.3 is 10.1 Å². The predicted octanol–water partition coefficient (Wildman–Crippen LogP) is 5.44. The highest BCUT2D eigenvalue weighted by Crippen LogP contribution is 2.35. The first-order valence-corrected chi connectivity index (χ1v) is 11.0. The second kappa shape index (κ2) is 9.73. The van der Waals surface area contributed by atoms with Gasteiger partial charge in [-0.3, -0.25) is 4.79 Å². The van der Waals surface area contributed by atoms with E-state index in [1.54, 1.807) is 12.4 Å². The molecule has 5 heteroatoms. The van der Waals surface area contributed by atoms with Crippen LogP contribution in [-0.2, 0) is 6.54 Å². The lowest BCUT2D eigenvalue weighted by atomic mass is 9.82. The molecule has 160 valence electrons. The molecular weight excluding hydrogens is 386 g/mol. The van der Waals surface area contributed by atoms with Crippen LogP contribution in [0.1, 0.15) is 65.1 Å². The highest BCUT2D eigenvalue weighted by molar-refractivity contribution is 5.95. The number of aryl methyl sites for hydroxylation is 1. The maximum Gasteiger partial charge on any atom is 0.316 e. The maximum atomic E-state index is 13.0. The molecule has 1 fully saturated rings. The van der Waals surface area contributed by atoms with Crippen LogP contribution in [0.25, 0.3) is 11.1 Å². The van der Waals surface area contributed by atoms with E-state index < -0.39 is 0 Å². The van der Waals surface area contributed by atoms with Gasteiger partial charge in [-0.25, -0.2) is 9.97 Å². The van der Waals surface area contributed by atoms with E-state index in [-0.39, 0.29) is 5.91 Å². The molecule has 0 atom stereocenters. The molecule has 4 rings (SSSR count). The molecule has 5 nitrogen and oxygen atoms in total. The molecule has 1 saturated carbocycles. The van der Waals surface area contributed by atoms with Crippen molar-refractivity contribution < 1.29 is 9.53 Å². The third-order valence-electron chi connectivity index (χ3n) is 6.00. The van der Waals surface area contributed by atoms with Gasteiger partial charge in [0.25, 0.3) is 5.91 Å². The highest BCUT2D eigenvalue weighted by atomic mass is 16.5. The van der Waals surface area contributed by atoms with Crippen LogP contribution in [0, 0.1) is 6.92 Å². The topological polar surface area (TPSA) is 64.1 Å². The first kappa shape index (κ1) is 21.0. The Labute approximate surface area is 183 Å². The number of hydrogen-bond donors (Lipinski definition) is 1. The Morgan fingerprint density at radius 3 is 2.39 bits per heavy atom. The molecule has 0 bridgehead atoms. The zero-order chi connectivity index (χ0) is 21.6. The van der Waals surface area contributed by atoms with Gasteiger partial charge in [0.15, 0.2) is 0 Å². The van der Waals surface area contributed by atoms with E-state index in [4.69, 9.17) is 4.74 Å². The SMILES string of the molecule is COc1ncc(CNC(=O)c2cc(-c3ccc(C)cc3)cc(C3CCCCC3)c2)cn1. The maximum absolute atomic E-state index is 13.0. The largest absolute Gasteiger partial charge is 0.467 e. The van der Waals surface area contributed by atoms with Crippen LogP contribution in [0.15, 0.2) is 54.9 Å². The fourth-order valence-corrected chi connectivity index (χ4v) is 4.19. The Morgan fingerprint density at radius 2 is 1.71 bits per heavy atom. The Kier molecular flexibility index (Phi) is 6.60. The van der Waals surface area contributed by atoms with Gasteiger partial charge in [-0.05, 0) is 54.5 Å². The van der Waals surface area contributed by atoms with Gasteiger partial charge in [0.1, 0.15) is 0 Å². The lowest BCUT2D eigenvalue weighted by molar-refractivity contribution is 0.0950. The summed E-state index contributed by atoms with van der Waals surface area (Å²) in [7, 11) is 1.53. The summed E-state index contributed by atoms with van der Waals surface area (Å²) in [6, 6.07) is 15.2. The van der Waals surface area contributed by atoms with Gasteiger partial charge >= 0.3 is 6.01 Å². The quantitative estimate of drug-likeness (QED) is 0.582. The average Bonchev–Trinajstić information content (AvgIpc) is 2.83. The first-order chi connectivity index (χ1) is 15.1. The van der Waals surface area contributed by atoms with Gasteiger partial charge in [0.2, 0.25) is 0 Å². The molecule has 1 heterocycles.